The first-order chi connectivity index (χ1) is 12.7. The summed E-state index contributed by atoms with van der Waals surface area (Å²) in [5.41, 5.74) is 1.52. The van der Waals surface area contributed by atoms with E-state index in [9.17, 15) is 4.79 Å². The van der Waals surface area contributed by atoms with E-state index in [0.29, 0.717) is 18.2 Å². The molecule has 3 rings (SSSR count). The standard InChI is InChI=1S/C19H25N5O2/c1-3-23-10-12-24(13-11-23)18(25)17-8-9-20-19(22-17)21-14-15-4-6-16(26-2)7-5-15/h4-9H,3,10-14H2,1-2H3,(H,20,21,22). The van der Waals surface area contributed by atoms with Crippen LogP contribution in [0.1, 0.15) is 23.0 Å². The van der Waals surface area contributed by atoms with Crippen molar-refractivity contribution in [3.63, 3.8) is 0 Å². The van der Waals surface area contributed by atoms with E-state index >= 15 is 0 Å². The summed E-state index contributed by atoms with van der Waals surface area (Å²) in [6.45, 7) is 7.05. The summed E-state index contributed by atoms with van der Waals surface area (Å²) in [4.78, 5) is 25.5. The number of carbonyl (C=O) groups is 1. The van der Waals surface area contributed by atoms with E-state index in [0.717, 1.165) is 44.0 Å². The maximum atomic E-state index is 12.7. The second kappa shape index (κ2) is 8.62. The van der Waals surface area contributed by atoms with Crippen LogP contribution in [0.4, 0.5) is 5.95 Å². The van der Waals surface area contributed by atoms with Gasteiger partial charge in [-0.2, -0.15) is 0 Å². The number of aromatic nitrogens is 2. The minimum absolute atomic E-state index is 0.0318. The van der Waals surface area contributed by atoms with Gasteiger partial charge in [0, 0.05) is 38.9 Å². The van der Waals surface area contributed by atoms with Crippen molar-refractivity contribution in [3.8, 4) is 5.75 Å². The van der Waals surface area contributed by atoms with E-state index in [2.05, 4.69) is 27.1 Å². The van der Waals surface area contributed by atoms with Crippen molar-refractivity contribution >= 4 is 11.9 Å². The van der Waals surface area contributed by atoms with Gasteiger partial charge in [0.1, 0.15) is 11.4 Å². The Balaban J connectivity index is 1.59. The monoisotopic (exact) mass is 355 g/mol. The van der Waals surface area contributed by atoms with E-state index < -0.39 is 0 Å². The topological polar surface area (TPSA) is 70.6 Å². The molecule has 2 aromatic rings. The number of carbonyl (C=O) groups excluding carboxylic acids is 1. The van der Waals surface area contributed by atoms with E-state index in [4.69, 9.17) is 4.74 Å². The number of rotatable bonds is 6. The van der Waals surface area contributed by atoms with Crippen LogP contribution in [0.25, 0.3) is 0 Å². The highest BCUT2D eigenvalue weighted by Gasteiger charge is 2.22. The van der Waals surface area contributed by atoms with Gasteiger partial charge in [0.05, 0.1) is 7.11 Å². The molecule has 0 aliphatic carbocycles. The molecule has 1 fully saturated rings. The van der Waals surface area contributed by atoms with Crippen molar-refractivity contribution in [2.24, 2.45) is 0 Å². The van der Waals surface area contributed by atoms with Crippen molar-refractivity contribution in [2.75, 3.05) is 45.2 Å². The third kappa shape index (κ3) is 4.49. The lowest BCUT2D eigenvalue weighted by molar-refractivity contribution is 0.0637. The Bertz CT molecular complexity index is 727. The van der Waals surface area contributed by atoms with Crippen LogP contribution >= 0.6 is 0 Å². The maximum absolute atomic E-state index is 12.7. The van der Waals surface area contributed by atoms with Crippen LogP contribution in [-0.4, -0.2) is 65.5 Å². The SMILES string of the molecule is CCN1CCN(C(=O)c2ccnc(NCc3ccc(OC)cc3)n2)CC1. The molecule has 7 nitrogen and oxygen atoms in total. The van der Waals surface area contributed by atoms with Gasteiger partial charge in [0.25, 0.3) is 5.91 Å². The smallest absolute Gasteiger partial charge is 0.272 e. The number of piperazine rings is 1. The Morgan fingerprint density at radius 3 is 2.54 bits per heavy atom. The molecule has 0 unspecified atom stereocenters. The number of ether oxygens (including phenoxy) is 1. The number of nitrogens with one attached hydrogen (secondary N) is 1. The molecule has 1 aliphatic heterocycles. The number of likely N-dealkylation sites (N-methyl/N-ethyl adjacent to an activating group) is 1. The Labute approximate surface area is 154 Å². The van der Waals surface area contributed by atoms with Gasteiger partial charge < -0.3 is 19.9 Å². The Kier molecular flexibility index (Phi) is 6.01. The van der Waals surface area contributed by atoms with Gasteiger partial charge >= 0.3 is 0 Å². The zero-order valence-corrected chi connectivity index (χ0v) is 15.3. The minimum Gasteiger partial charge on any atom is -0.497 e. The molecule has 0 saturated carbocycles. The van der Waals surface area contributed by atoms with Gasteiger partial charge in [-0.1, -0.05) is 19.1 Å². The van der Waals surface area contributed by atoms with Crippen LogP contribution in [0, 0.1) is 0 Å². The summed E-state index contributed by atoms with van der Waals surface area (Å²) in [6.07, 6.45) is 1.62. The van der Waals surface area contributed by atoms with Gasteiger partial charge in [0.2, 0.25) is 5.95 Å². The molecule has 0 spiro atoms. The molecular weight excluding hydrogens is 330 g/mol. The molecule has 0 atom stereocenters. The van der Waals surface area contributed by atoms with Crippen molar-refractivity contribution in [1.82, 2.24) is 19.8 Å². The number of methoxy groups -OCH3 is 1. The molecule has 0 radical (unpaired) electrons. The van der Waals surface area contributed by atoms with Crippen molar-refractivity contribution in [2.45, 2.75) is 13.5 Å². The third-order valence-corrected chi connectivity index (χ3v) is 4.59. The summed E-state index contributed by atoms with van der Waals surface area (Å²) in [5.74, 6) is 1.25. The van der Waals surface area contributed by atoms with Gasteiger partial charge in [0.15, 0.2) is 0 Å². The van der Waals surface area contributed by atoms with Crippen LogP contribution in [-0.2, 0) is 6.54 Å². The highest BCUT2D eigenvalue weighted by molar-refractivity contribution is 5.92. The molecule has 1 aliphatic rings. The fourth-order valence-corrected chi connectivity index (χ4v) is 2.92. The first kappa shape index (κ1) is 18.1. The second-order valence-electron chi connectivity index (χ2n) is 6.19. The molecule has 7 heteroatoms. The summed E-state index contributed by atoms with van der Waals surface area (Å²) in [5, 5.41) is 3.17. The van der Waals surface area contributed by atoms with Crippen molar-refractivity contribution < 1.29 is 9.53 Å². The van der Waals surface area contributed by atoms with Gasteiger partial charge in [-0.05, 0) is 30.3 Å². The molecular formula is C19H25N5O2. The predicted octanol–water partition coefficient (Wildman–Crippen LogP) is 1.88. The molecule has 0 bridgehead atoms. The number of anilines is 1. The van der Waals surface area contributed by atoms with Crippen LogP contribution < -0.4 is 10.1 Å². The molecule has 2 heterocycles. The summed E-state index contributed by atoms with van der Waals surface area (Å²) >= 11 is 0. The summed E-state index contributed by atoms with van der Waals surface area (Å²) in [7, 11) is 1.64. The number of amides is 1. The normalized spacial score (nSPS) is 14.9. The van der Waals surface area contributed by atoms with E-state index in [1.165, 1.54) is 0 Å². The summed E-state index contributed by atoms with van der Waals surface area (Å²) in [6, 6.07) is 9.46. The van der Waals surface area contributed by atoms with Crippen LogP contribution in [0.15, 0.2) is 36.5 Å². The fraction of sp³-hybridized carbons (Fsp3) is 0.421. The first-order valence-corrected chi connectivity index (χ1v) is 8.91. The average Bonchev–Trinajstić information content (AvgIpc) is 2.72. The summed E-state index contributed by atoms with van der Waals surface area (Å²) < 4.78 is 5.16. The molecule has 26 heavy (non-hydrogen) atoms. The Morgan fingerprint density at radius 2 is 1.88 bits per heavy atom. The van der Waals surface area contributed by atoms with Crippen LogP contribution in [0.2, 0.25) is 0 Å². The molecule has 1 amide bonds. The number of benzene rings is 1. The van der Waals surface area contributed by atoms with E-state index in [-0.39, 0.29) is 5.91 Å². The number of hydrogen-bond donors (Lipinski definition) is 1. The largest absolute Gasteiger partial charge is 0.497 e. The second-order valence-corrected chi connectivity index (χ2v) is 6.19. The zero-order valence-electron chi connectivity index (χ0n) is 15.3. The fourth-order valence-electron chi connectivity index (χ4n) is 2.92. The van der Waals surface area contributed by atoms with Crippen LogP contribution in [0.3, 0.4) is 0 Å². The van der Waals surface area contributed by atoms with E-state index in [1.54, 1.807) is 19.4 Å². The minimum atomic E-state index is -0.0318. The Hall–Kier alpha value is -2.67. The molecule has 1 N–H and O–H groups in total. The van der Waals surface area contributed by atoms with E-state index in [1.807, 2.05) is 29.2 Å². The highest BCUT2D eigenvalue weighted by atomic mass is 16.5. The van der Waals surface area contributed by atoms with Crippen LogP contribution in [0.5, 0.6) is 5.75 Å². The number of hydrogen-bond acceptors (Lipinski definition) is 6. The van der Waals surface area contributed by atoms with Gasteiger partial charge in [-0.3, -0.25) is 4.79 Å². The third-order valence-electron chi connectivity index (χ3n) is 4.59. The first-order valence-electron chi connectivity index (χ1n) is 8.91. The quantitative estimate of drug-likeness (QED) is 0.853. The van der Waals surface area contributed by atoms with Crippen molar-refractivity contribution in [1.29, 1.82) is 0 Å². The lowest BCUT2D eigenvalue weighted by atomic mass is 10.2. The Morgan fingerprint density at radius 1 is 1.15 bits per heavy atom. The average molecular weight is 355 g/mol. The van der Waals surface area contributed by atoms with Gasteiger partial charge in [-0.25, -0.2) is 9.97 Å². The zero-order chi connectivity index (χ0) is 18.4. The maximum Gasteiger partial charge on any atom is 0.272 e. The van der Waals surface area contributed by atoms with Crippen molar-refractivity contribution in [3.05, 3.63) is 47.8 Å². The molecule has 138 valence electrons. The predicted molar refractivity (Wildman–Crippen MR) is 100 cm³/mol. The lowest BCUT2D eigenvalue weighted by Gasteiger charge is -2.33. The molecule has 1 aromatic carbocycles. The van der Waals surface area contributed by atoms with Gasteiger partial charge in [-0.15, -0.1) is 0 Å². The molecule has 1 aromatic heterocycles. The lowest BCUT2D eigenvalue weighted by Crippen LogP contribution is -2.48. The number of nitrogens with zero attached hydrogens (tertiary/aromatic N) is 4. The molecule has 1 saturated heterocycles. The highest BCUT2D eigenvalue weighted by Crippen LogP contribution is 2.13.